The van der Waals surface area contributed by atoms with Crippen molar-refractivity contribution in [3.63, 3.8) is 0 Å². The van der Waals surface area contributed by atoms with E-state index in [0.29, 0.717) is 6.04 Å². The highest BCUT2D eigenvalue weighted by molar-refractivity contribution is 5.33. The fourth-order valence-electron chi connectivity index (χ4n) is 3.24. The van der Waals surface area contributed by atoms with Crippen molar-refractivity contribution in [1.29, 1.82) is 0 Å². The van der Waals surface area contributed by atoms with Crippen molar-refractivity contribution in [2.24, 2.45) is 0 Å². The van der Waals surface area contributed by atoms with E-state index in [9.17, 15) is 0 Å². The fourth-order valence-corrected chi connectivity index (χ4v) is 3.24. The maximum atomic E-state index is 5.52. The Balaban J connectivity index is 2.06. The molecule has 1 N–H and O–H groups in total. The lowest BCUT2D eigenvalue weighted by atomic mass is 9.99. The monoisotopic (exact) mass is 292 g/mol. The first-order valence-electron chi connectivity index (χ1n) is 7.61. The Kier molecular flexibility index (Phi) is 5.76. The van der Waals surface area contributed by atoms with Gasteiger partial charge in [-0.25, -0.2) is 0 Å². The van der Waals surface area contributed by atoms with Gasteiger partial charge in [0.15, 0.2) is 0 Å². The van der Waals surface area contributed by atoms with Crippen molar-refractivity contribution in [2.45, 2.75) is 32.1 Å². The molecule has 0 aromatic heterocycles. The second-order valence-corrected chi connectivity index (χ2v) is 5.97. The lowest BCUT2D eigenvalue weighted by molar-refractivity contribution is -0.00461. The SMILES string of the molecule is CNC(CN1CC(OC)C(OC)C1)c1ccc(C)cc1C. The van der Waals surface area contributed by atoms with E-state index in [1.54, 1.807) is 14.2 Å². The first-order chi connectivity index (χ1) is 10.1. The van der Waals surface area contributed by atoms with Crippen LogP contribution in [0.1, 0.15) is 22.7 Å². The predicted octanol–water partition coefficient (Wildman–Crippen LogP) is 1.91. The molecule has 21 heavy (non-hydrogen) atoms. The molecule has 0 spiro atoms. The van der Waals surface area contributed by atoms with Crippen molar-refractivity contribution in [1.82, 2.24) is 10.2 Å². The number of methoxy groups -OCH3 is 2. The standard InChI is InChI=1S/C17H28N2O2/c1-12-6-7-14(13(2)8-12)15(18-3)9-19-10-16(20-4)17(11-19)21-5/h6-8,15-18H,9-11H2,1-5H3. The molecular weight excluding hydrogens is 264 g/mol. The van der Waals surface area contributed by atoms with Crippen molar-refractivity contribution in [2.75, 3.05) is 40.9 Å². The molecule has 1 fully saturated rings. The maximum Gasteiger partial charge on any atom is 0.0971 e. The van der Waals surface area contributed by atoms with Crippen molar-refractivity contribution in [3.8, 4) is 0 Å². The normalized spacial score (nSPS) is 24.4. The third-order valence-corrected chi connectivity index (χ3v) is 4.49. The number of hydrogen-bond acceptors (Lipinski definition) is 4. The summed E-state index contributed by atoms with van der Waals surface area (Å²) >= 11 is 0. The van der Waals surface area contributed by atoms with Crippen LogP contribution in [-0.2, 0) is 9.47 Å². The third-order valence-electron chi connectivity index (χ3n) is 4.49. The van der Waals surface area contributed by atoms with Gasteiger partial charge in [0.1, 0.15) is 0 Å². The van der Waals surface area contributed by atoms with Crippen LogP contribution in [0.15, 0.2) is 18.2 Å². The summed E-state index contributed by atoms with van der Waals surface area (Å²) in [5.74, 6) is 0. The highest BCUT2D eigenvalue weighted by Crippen LogP contribution is 2.23. The van der Waals surface area contributed by atoms with Gasteiger partial charge in [0, 0.05) is 39.9 Å². The number of rotatable bonds is 6. The Morgan fingerprint density at radius 3 is 2.29 bits per heavy atom. The van der Waals surface area contributed by atoms with Crippen LogP contribution in [0.3, 0.4) is 0 Å². The number of aryl methyl sites for hydroxylation is 2. The molecule has 0 amide bonds. The number of likely N-dealkylation sites (N-methyl/N-ethyl adjacent to an activating group) is 1. The Labute approximate surface area is 128 Å². The molecule has 1 aromatic rings. The second kappa shape index (κ2) is 7.36. The van der Waals surface area contributed by atoms with Crippen LogP contribution in [0.4, 0.5) is 0 Å². The second-order valence-electron chi connectivity index (χ2n) is 5.97. The number of ether oxygens (including phenoxy) is 2. The first-order valence-corrected chi connectivity index (χ1v) is 7.61. The van der Waals surface area contributed by atoms with Gasteiger partial charge in [-0.2, -0.15) is 0 Å². The number of likely N-dealkylation sites (tertiary alicyclic amines) is 1. The fraction of sp³-hybridized carbons (Fsp3) is 0.647. The first kappa shape index (κ1) is 16.4. The molecule has 4 nitrogen and oxygen atoms in total. The molecule has 118 valence electrons. The molecule has 1 aliphatic rings. The Morgan fingerprint density at radius 1 is 1.19 bits per heavy atom. The summed E-state index contributed by atoms with van der Waals surface area (Å²) in [5, 5.41) is 3.45. The molecule has 0 radical (unpaired) electrons. The van der Waals surface area contributed by atoms with Gasteiger partial charge in [0.25, 0.3) is 0 Å². The number of nitrogens with zero attached hydrogens (tertiary/aromatic N) is 1. The van der Waals surface area contributed by atoms with Crippen LogP contribution in [0.25, 0.3) is 0 Å². The van der Waals surface area contributed by atoms with Crippen LogP contribution in [0, 0.1) is 13.8 Å². The van der Waals surface area contributed by atoms with E-state index in [1.807, 2.05) is 7.05 Å². The number of hydrogen-bond donors (Lipinski definition) is 1. The lowest BCUT2D eigenvalue weighted by Crippen LogP contribution is -2.33. The van der Waals surface area contributed by atoms with Gasteiger partial charge in [-0.1, -0.05) is 23.8 Å². The quantitative estimate of drug-likeness (QED) is 0.868. The smallest absolute Gasteiger partial charge is 0.0971 e. The zero-order valence-electron chi connectivity index (χ0n) is 13.8. The van der Waals surface area contributed by atoms with Gasteiger partial charge < -0.3 is 14.8 Å². The Morgan fingerprint density at radius 2 is 1.81 bits per heavy atom. The summed E-state index contributed by atoms with van der Waals surface area (Å²) in [7, 11) is 5.56. The minimum absolute atomic E-state index is 0.173. The summed E-state index contributed by atoms with van der Waals surface area (Å²) in [6.45, 7) is 7.15. The molecule has 0 aliphatic carbocycles. The van der Waals surface area contributed by atoms with Crippen LogP contribution in [-0.4, -0.2) is 58.0 Å². The topological polar surface area (TPSA) is 33.7 Å². The summed E-state index contributed by atoms with van der Waals surface area (Å²) in [5.41, 5.74) is 4.03. The molecule has 1 aromatic carbocycles. The summed E-state index contributed by atoms with van der Waals surface area (Å²) in [4.78, 5) is 2.42. The molecule has 0 saturated carbocycles. The van der Waals surface area contributed by atoms with Gasteiger partial charge in [0.2, 0.25) is 0 Å². The van der Waals surface area contributed by atoms with Crippen molar-refractivity contribution in [3.05, 3.63) is 34.9 Å². The van der Waals surface area contributed by atoms with E-state index in [1.165, 1.54) is 16.7 Å². The Hall–Kier alpha value is -0.940. The summed E-state index contributed by atoms with van der Waals surface area (Å²) in [6, 6.07) is 7.01. The Bertz CT molecular complexity index is 452. The van der Waals surface area contributed by atoms with E-state index in [-0.39, 0.29) is 12.2 Å². The molecule has 1 heterocycles. The predicted molar refractivity (Wildman–Crippen MR) is 85.8 cm³/mol. The summed E-state index contributed by atoms with van der Waals surface area (Å²) < 4.78 is 11.0. The zero-order valence-corrected chi connectivity index (χ0v) is 13.8. The molecule has 0 bridgehead atoms. The molecule has 1 saturated heterocycles. The van der Waals surface area contributed by atoms with Gasteiger partial charge in [0.05, 0.1) is 12.2 Å². The van der Waals surface area contributed by atoms with Crippen molar-refractivity contribution >= 4 is 0 Å². The van der Waals surface area contributed by atoms with E-state index >= 15 is 0 Å². The van der Waals surface area contributed by atoms with E-state index in [2.05, 4.69) is 42.3 Å². The van der Waals surface area contributed by atoms with Gasteiger partial charge in [-0.3, -0.25) is 4.90 Å². The van der Waals surface area contributed by atoms with E-state index < -0.39 is 0 Å². The zero-order chi connectivity index (χ0) is 15.4. The molecule has 3 unspecified atom stereocenters. The molecule has 4 heteroatoms. The molecule has 1 aliphatic heterocycles. The average molecular weight is 292 g/mol. The van der Waals surface area contributed by atoms with Crippen molar-refractivity contribution < 1.29 is 9.47 Å². The van der Waals surface area contributed by atoms with Gasteiger partial charge in [-0.05, 0) is 32.0 Å². The van der Waals surface area contributed by atoms with E-state index in [4.69, 9.17) is 9.47 Å². The number of nitrogens with one attached hydrogen (secondary N) is 1. The summed E-state index contributed by atoms with van der Waals surface area (Å²) in [6.07, 6.45) is 0.346. The highest BCUT2D eigenvalue weighted by atomic mass is 16.5. The van der Waals surface area contributed by atoms with E-state index in [0.717, 1.165) is 19.6 Å². The highest BCUT2D eigenvalue weighted by Gasteiger charge is 2.33. The maximum absolute atomic E-state index is 5.52. The number of benzene rings is 1. The van der Waals surface area contributed by atoms with Crippen LogP contribution in [0.5, 0.6) is 0 Å². The van der Waals surface area contributed by atoms with Crippen LogP contribution >= 0.6 is 0 Å². The van der Waals surface area contributed by atoms with Crippen LogP contribution < -0.4 is 5.32 Å². The van der Waals surface area contributed by atoms with Crippen LogP contribution in [0.2, 0.25) is 0 Å². The van der Waals surface area contributed by atoms with Gasteiger partial charge in [-0.15, -0.1) is 0 Å². The van der Waals surface area contributed by atoms with Gasteiger partial charge >= 0.3 is 0 Å². The largest absolute Gasteiger partial charge is 0.377 e. The molecule has 2 rings (SSSR count). The molecular formula is C17H28N2O2. The lowest BCUT2D eigenvalue weighted by Gasteiger charge is -2.25. The minimum Gasteiger partial charge on any atom is -0.377 e. The molecule has 3 atom stereocenters. The average Bonchev–Trinajstić information content (AvgIpc) is 2.87. The third kappa shape index (κ3) is 3.83. The minimum atomic E-state index is 0.173.